The van der Waals surface area contributed by atoms with Gasteiger partial charge >= 0.3 is 0 Å². The van der Waals surface area contributed by atoms with Gasteiger partial charge in [0.1, 0.15) is 5.82 Å². The third-order valence-corrected chi connectivity index (χ3v) is 12.1. The highest BCUT2D eigenvalue weighted by atomic mass is 15.1. The Balaban J connectivity index is 1.01. The van der Waals surface area contributed by atoms with E-state index in [0.717, 1.165) is 39.2 Å². The molecule has 0 N–H and O–H groups in total. The summed E-state index contributed by atoms with van der Waals surface area (Å²) in [6.07, 6.45) is 0. The van der Waals surface area contributed by atoms with Crippen LogP contribution in [0.1, 0.15) is 22.3 Å². The van der Waals surface area contributed by atoms with Gasteiger partial charge in [-0.1, -0.05) is 176 Å². The van der Waals surface area contributed by atoms with Crippen molar-refractivity contribution in [1.82, 2.24) is 14.5 Å². The highest BCUT2D eigenvalue weighted by molar-refractivity contribution is 6.09. The molecule has 3 nitrogen and oxygen atoms in total. The lowest BCUT2D eigenvalue weighted by atomic mass is 9.70. The van der Waals surface area contributed by atoms with Gasteiger partial charge in [0.15, 0.2) is 5.82 Å². The lowest BCUT2D eigenvalue weighted by molar-refractivity contribution is 0.794. The second-order valence-corrected chi connectivity index (χ2v) is 14.9. The number of hydrogen-bond donors (Lipinski definition) is 0. The van der Waals surface area contributed by atoms with Gasteiger partial charge in [-0.05, 0) is 73.8 Å². The van der Waals surface area contributed by atoms with Crippen molar-refractivity contribution >= 4 is 21.8 Å². The number of para-hydroxylation sites is 2. The topological polar surface area (TPSA) is 30.7 Å². The van der Waals surface area contributed by atoms with Gasteiger partial charge in [-0.2, -0.15) is 0 Å². The fourth-order valence-corrected chi connectivity index (χ4v) is 9.69. The molecule has 0 amide bonds. The minimum Gasteiger partial charge on any atom is -0.294 e. The molecule has 3 heteroatoms. The molecule has 2 heterocycles. The molecule has 2 aliphatic carbocycles. The van der Waals surface area contributed by atoms with E-state index in [-0.39, 0.29) is 5.41 Å². The van der Waals surface area contributed by atoms with Crippen LogP contribution in [-0.2, 0) is 5.41 Å². The van der Waals surface area contributed by atoms with Crippen molar-refractivity contribution in [1.29, 1.82) is 0 Å². The molecule has 0 saturated heterocycles. The van der Waals surface area contributed by atoms with Gasteiger partial charge in [0.2, 0.25) is 0 Å². The van der Waals surface area contributed by atoms with Crippen LogP contribution in [0, 0.1) is 0 Å². The maximum atomic E-state index is 5.29. The summed E-state index contributed by atoms with van der Waals surface area (Å²) in [5, 5.41) is 2.41. The third-order valence-electron chi connectivity index (χ3n) is 12.1. The Kier molecular flexibility index (Phi) is 6.55. The fraction of sp³-hybridized carbons (Fsp3) is 0.0189. The van der Waals surface area contributed by atoms with Crippen LogP contribution in [0.25, 0.3) is 83.6 Å². The molecule has 0 saturated carbocycles. The number of aromatic nitrogens is 3. The van der Waals surface area contributed by atoms with E-state index in [2.05, 4.69) is 199 Å². The molecule has 0 radical (unpaired) electrons. The SMILES string of the molecule is c1ccc(-c2cc(-n3c4ccccc4c4ccccc43)nc(-c3ccc(-c4ccc5c(c4)C4(c6ccccc6-c6ccccc64)c4ccccc4-5)cc3)n2)cc1. The number of rotatable bonds is 4. The molecule has 8 aromatic carbocycles. The van der Waals surface area contributed by atoms with E-state index in [1.54, 1.807) is 0 Å². The lowest BCUT2D eigenvalue weighted by Gasteiger charge is -2.30. The third kappa shape index (κ3) is 4.28. The normalized spacial score (nSPS) is 13.1. The van der Waals surface area contributed by atoms with E-state index in [1.807, 2.05) is 6.07 Å². The first-order valence-corrected chi connectivity index (χ1v) is 19.2. The molecular weight excluding hydrogens is 679 g/mol. The summed E-state index contributed by atoms with van der Waals surface area (Å²) in [7, 11) is 0. The summed E-state index contributed by atoms with van der Waals surface area (Å²) in [6.45, 7) is 0. The van der Waals surface area contributed by atoms with Crippen LogP contribution in [0.3, 0.4) is 0 Å². The first-order valence-electron chi connectivity index (χ1n) is 19.2. The van der Waals surface area contributed by atoms with Crippen LogP contribution >= 0.6 is 0 Å². The Morgan fingerprint density at radius 3 is 1.43 bits per heavy atom. The second kappa shape index (κ2) is 11.8. The predicted molar refractivity (Wildman–Crippen MR) is 229 cm³/mol. The average molecular weight is 712 g/mol. The number of hydrogen-bond acceptors (Lipinski definition) is 2. The van der Waals surface area contributed by atoms with Gasteiger partial charge in [0, 0.05) is 28.0 Å². The van der Waals surface area contributed by atoms with Crippen LogP contribution in [0.15, 0.2) is 200 Å². The quantitative estimate of drug-likeness (QED) is 0.182. The Morgan fingerprint density at radius 2 is 0.821 bits per heavy atom. The van der Waals surface area contributed by atoms with E-state index in [0.29, 0.717) is 5.82 Å². The summed E-state index contributed by atoms with van der Waals surface area (Å²) in [6, 6.07) is 72.4. The molecule has 0 aliphatic heterocycles. The summed E-state index contributed by atoms with van der Waals surface area (Å²) in [5.74, 6) is 1.54. The van der Waals surface area contributed by atoms with E-state index < -0.39 is 0 Å². The summed E-state index contributed by atoms with van der Waals surface area (Å²) in [4.78, 5) is 10.5. The first-order chi connectivity index (χ1) is 27.8. The maximum absolute atomic E-state index is 5.29. The van der Waals surface area contributed by atoms with E-state index >= 15 is 0 Å². The summed E-state index contributed by atoms with van der Waals surface area (Å²) < 4.78 is 2.27. The van der Waals surface area contributed by atoms with Crippen LogP contribution in [0.4, 0.5) is 0 Å². The van der Waals surface area contributed by atoms with Crippen LogP contribution in [-0.4, -0.2) is 14.5 Å². The number of fused-ring (bicyclic) bond motifs is 13. The lowest BCUT2D eigenvalue weighted by Crippen LogP contribution is -2.25. The Hall–Kier alpha value is -7.36. The summed E-state index contributed by atoms with van der Waals surface area (Å²) in [5.41, 5.74) is 17.8. The fourth-order valence-electron chi connectivity index (χ4n) is 9.69. The van der Waals surface area contributed by atoms with Gasteiger partial charge in [0.05, 0.1) is 22.1 Å². The Bertz CT molecular complexity index is 3070. The minimum absolute atomic E-state index is 0.371. The molecular formula is C53H33N3. The molecule has 0 bridgehead atoms. The van der Waals surface area contributed by atoms with Gasteiger partial charge in [-0.3, -0.25) is 4.57 Å². The zero-order valence-electron chi connectivity index (χ0n) is 30.4. The zero-order valence-corrected chi connectivity index (χ0v) is 30.4. The molecule has 12 rings (SSSR count). The highest BCUT2D eigenvalue weighted by Gasteiger charge is 2.51. The molecule has 0 unspecified atom stereocenters. The van der Waals surface area contributed by atoms with Crippen molar-refractivity contribution in [2.45, 2.75) is 5.41 Å². The molecule has 56 heavy (non-hydrogen) atoms. The van der Waals surface area contributed by atoms with Crippen molar-refractivity contribution in [3.63, 3.8) is 0 Å². The smallest absolute Gasteiger partial charge is 0.162 e. The summed E-state index contributed by atoms with van der Waals surface area (Å²) >= 11 is 0. The molecule has 260 valence electrons. The number of benzene rings is 8. The van der Waals surface area contributed by atoms with Crippen molar-refractivity contribution < 1.29 is 0 Å². The monoisotopic (exact) mass is 711 g/mol. The van der Waals surface area contributed by atoms with Crippen molar-refractivity contribution in [3.05, 3.63) is 222 Å². The minimum atomic E-state index is -0.371. The molecule has 2 aliphatic rings. The van der Waals surface area contributed by atoms with Gasteiger partial charge in [-0.25, -0.2) is 9.97 Å². The second-order valence-electron chi connectivity index (χ2n) is 14.9. The van der Waals surface area contributed by atoms with Crippen LogP contribution < -0.4 is 0 Å². The molecule has 1 spiro atoms. The van der Waals surface area contributed by atoms with E-state index in [9.17, 15) is 0 Å². The number of nitrogens with zero attached hydrogens (tertiary/aromatic N) is 3. The Morgan fingerprint density at radius 1 is 0.339 bits per heavy atom. The van der Waals surface area contributed by atoms with Crippen LogP contribution in [0.5, 0.6) is 0 Å². The molecule has 0 fully saturated rings. The van der Waals surface area contributed by atoms with Gasteiger partial charge in [0.25, 0.3) is 0 Å². The van der Waals surface area contributed by atoms with Crippen molar-refractivity contribution in [2.75, 3.05) is 0 Å². The Labute approximate surface area is 324 Å². The van der Waals surface area contributed by atoms with E-state index in [4.69, 9.17) is 9.97 Å². The molecule has 0 atom stereocenters. The van der Waals surface area contributed by atoms with Crippen LogP contribution in [0.2, 0.25) is 0 Å². The maximum Gasteiger partial charge on any atom is 0.162 e. The molecule has 2 aromatic heterocycles. The largest absolute Gasteiger partial charge is 0.294 e. The standard InChI is InChI=1S/C53H33N3/c1-2-14-35(15-3-1)48-33-51(56-49-24-12-7-19-42(49)43-20-8-13-25-50(43)56)55-52(54-48)36-28-26-34(27-29-36)37-30-31-41-40-18-6-11-23-46(40)53(47(41)32-37)44-21-9-4-16-38(44)39-17-5-10-22-45(39)53/h1-33H. The average Bonchev–Trinajstić information content (AvgIpc) is 3.88. The predicted octanol–water partition coefficient (Wildman–Crippen LogP) is 12.9. The van der Waals surface area contributed by atoms with Crippen molar-refractivity contribution in [2.24, 2.45) is 0 Å². The first kappa shape index (κ1) is 31.0. The zero-order chi connectivity index (χ0) is 36.8. The van der Waals surface area contributed by atoms with E-state index in [1.165, 1.54) is 60.8 Å². The van der Waals surface area contributed by atoms with Crippen molar-refractivity contribution in [3.8, 4) is 61.8 Å². The van der Waals surface area contributed by atoms with Gasteiger partial charge < -0.3 is 0 Å². The highest BCUT2D eigenvalue weighted by Crippen LogP contribution is 2.63. The molecule has 10 aromatic rings. The van der Waals surface area contributed by atoms with Gasteiger partial charge in [-0.15, -0.1) is 0 Å².